The van der Waals surface area contributed by atoms with Crippen molar-refractivity contribution < 1.29 is 14.3 Å². The lowest BCUT2D eigenvalue weighted by atomic mass is 10.1. The molecule has 0 unspecified atom stereocenters. The quantitative estimate of drug-likeness (QED) is 0.185. The van der Waals surface area contributed by atoms with Crippen molar-refractivity contribution in [2.75, 3.05) is 6.54 Å². The van der Waals surface area contributed by atoms with Gasteiger partial charge in [0.15, 0.2) is 0 Å². The van der Waals surface area contributed by atoms with Gasteiger partial charge in [0.25, 0.3) is 11.1 Å². The van der Waals surface area contributed by atoms with Gasteiger partial charge in [0.1, 0.15) is 12.4 Å². The monoisotopic (exact) mass is 651 g/mol. The first-order valence-electron chi connectivity index (χ1n) is 9.25. The molecule has 1 heterocycles. The van der Waals surface area contributed by atoms with Crippen molar-refractivity contribution in [2.45, 2.75) is 6.61 Å². The van der Waals surface area contributed by atoms with Gasteiger partial charge >= 0.3 is 0 Å². The largest absolute Gasteiger partial charge is 0.487 e. The molecule has 0 N–H and O–H groups in total. The molecule has 2 amide bonds. The van der Waals surface area contributed by atoms with E-state index in [4.69, 9.17) is 11.2 Å². The molecule has 0 aliphatic carbocycles. The fraction of sp³-hybridized carbons (Fsp3) is 0.0833. The van der Waals surface area contributed by atoms with Crippen LogP contribution in [-0.4, -0.2) is 22.6 Å². The zero-order chi connectivity index (χ0) is 22.0. The highest BCUT2D eigenvalue weighted by Gasteiger charge is 2.34. The molecule has 1 fully saturated rings. The minimum Gasteiger partial charge on any atom is -0.487 e. The smallest absolute Gasteiger partial charge is 0.294 e. The third kappa shape index (κ3) is 4.76. The van der Waals surface area contributed by atoms with Crippen LogP contribution in [0.3, 0.4) is 0 Å². The molecule has 3 aromatic rings. The minimum atomic E-state index is -0.353. The standard InChI is InChI=1S/C24H15I2NO3S/c1-2-10-27-23(28)21(31-24(27)29)13-15-11-19(25)22(20(26)12-15)30-14-17-8-5-7-16-6-3-4-9-18(16)17/h1,3-9,11-13H,10,14H2/b21-13+. The summed E-state index contributed by atoms with van der Waals surface area (Å²) in [5.41, 5.74) is 1.95. The summed E-state index contributed by atoms with van der Waals surface area (Å²) in [5, 5.41) is 2.02. The molecule has 7 heteroatoms. The molecule has 154 valence electrons. The second-order valence-corrected chi connectivity index (χ2v) is 10.0. The zero-order valence-corrected chi connectivity index (χ0v) is 21.2. The van der Waals surface area contributed by atoms with E-state index in [0.717, 1.165) is 40.7 Å². The molecule has 0 aromatic heterocycles. The Morgan fingerprint density at radius 1 is 1.06 bits per heavy atom. The molecule has 4 rings (SSSR count). The fourth-order valence-corrected chi connectivity index (χ4v) is 6.21. The molecule has 0 bridgehead atoms. The highest BCUT2D eigenvalue weighted by Crippen LogP contribution is 2.35. The Morgan fingerprint density at radius 3 is 2.52 bits per heavy atom. The minimum absolute atomic E-state index is 0.0159. The van der Waals surface area contributed by atoms with Crippen LogP contribution in [-0.2, 0) is 11.4 Å². The predicted molar refractivity (Wildman–Crippen MR) is 142 cm³/mol. The predicted octanol–water partition coefficient (Wildman–Crippen LogP) is 6.30. The van der Waals surface area contributed by atoms with Crippen LogP contribution >= 0.6 is 56.9 Å². The van der Waals surface area contributed by atoms with Crippen LogP contribution in [0.25, 0.3) is 16.8 Å². The Labute approximate surface area is 211 Å². The summed E-state index contributed by atoms with van der Waals surface area (Å²) in [5.74, 6) is 2.79. The zero-order valence-electron chi connectivity index (χ0n) is 16.1. The van der Waals surface area contributed by atoms with Crippen LogP contribution in [0.15, 0.2) is 59.5 Å². The SMILES string of the molecule is C#CCN1C(=O)S/C(=C/c2cc(I)c(OCc3cccc4ccccc34)c(I)c2)C1=O. The van der Waals surface area contributed by atoms with Crippen LogP contribution in [0.2, 0.25) is 0 Å². The molecular weight excluding hydrogens is 636 g/mol. The maximum Gasteiger partial charge on any atom is 0.294 e. The van der Waals surface area contributed by atoms with E-state index in [1.54, 1.807) is 6.08 Å². The van der Waals surface area contributed by atoms with Gasteiger partial charge in [-0.05, 0) is 97.1 Å². The van der Waals surface area contributed by atoms with Gasteiger partial charge in [0.05, 0.1) is 18.6 Å². The number of benzene rings is 3. The van der Waals surface area contributed by atoms with Crippen molar-refractivity contribution >= 4 is 84.9 Å². The summed E-state index contributed by atoms with van der Waals surface area (Å²) in [6.07, 6.45) is 6.97. The number of terminal acetylenes is 1. The topological polar surface area (TPSA) is 46.6 Å². The number of nitrogens with zero attached hydrogens (tertiary/aromatic N) is 1. The number of hydrogen-bond donors (Lipinski definition) is 0. The summed E-state index contributed by atoms with van der Waals surface area (Å²) < 4.78 is 8.04. The van der Waals surface area contributed by atoms with E-state index in [1.165, 1.54) is 10.8 Å². The second-order valence-electron chi connectivity index (χ2n) is 6.71. The van der Waals surface area contributed by atoms with Crippen molar-refractivity contribution in [1.82, 2.24) is 4.90 Å². The maximum absolute atomic E-state index is 12.4. The third-order valence-electron chi connectivity index (χ3n) is 4.69. The third-order valence-corrected chi connectivity index (χ3v) is 7.20. The number of thioether (sulfide) groups is 1. The van der Waals surface area contributed by atoms with E-state index in [-0.39, 0.29) is 17.7 Å². The molecule has 3 aromatic carbocycles. The molecule has 0 atom stereocenters. The Hall–Kier alpha value is -2.03. The summed E-state index contributed by atoms with van der Waals surface area (Å²) in [7, 11) is 0. The van der Waals surface area contributed by atoms with Gasteiger partial charge in [-0.1, -0.05) is 48.4 Å². The van der Waals surface area contributed by atoms with Crippen LogP contribution in [0, 0.1) is 19.5 Å². The second kappa shape index (κ2) is 9.63. The maximum atomic E-state index is 12.4. The normalized spacial score (nSPS) is 15.0. The summed E-state index contributed by atoms with van der Waals surface area (Å²) in [6, 6.07) is 18.3. The highest BCUT2D eigenvalue weighted by molar-refractivity contribution is 14.1. The van der Waals surface area contributed by atoms with E-state index < -0.39 is 0 Å². The lowest BCUT2D eigenvalue weighted by Crippen LogP contribution is -2.28. The van der Waals surface area contributed by atoms with Crippen LogP contribution < -0.4 is 4.74 Å². The van der Waals surface area contributed by atoms with Crippen molar-refractivity contribution in [3.63, 3.8) is 0 Å². The van der Waals surface area contributed by atoms with Gasteiger partial charge in [0, 0.05) is 0 Å². The van der Waals surface area contributed by atoms with E-state index in [1.807, 2.05) is 30.3 Å². The Balaban J connectivity index is 1.56. The van der Waals surface area contributed by atoms with Crippen molar-refractivity contribution in [1.29, 1.82) is 0 Å². The number of carbonyl (C=O) groups is 2. The van der Waals surface area contributed by atoms with Crippen molar-refractivity contribution in [2.24, 2.45) is 0 Å². The summed E-state index contributed by atoms with van der Waals surface area (Å²) in [6.45, 7) is 0.440. The summed E-state index contributed by atoms with van der Waals surface area (Å²) in [4.78, 5) is 25.8. The van der Waals surface area contributed by atoms with Gasteiger partial charge < -0.3 is 4.74 Å². The number of rotatable bonds is 5. The number of amides is 2. The van der Waals surface area contributed by atoms with Crippen LogP contribution in [0.4, 0.5) is 4.79 Å². The molecule has 1 saturated heterocycles. The molecular formula is C24H15I2NO3S. The fourth-order valence-electron chi connectivity index (χ4n) is 3.25. The lowest BCUT2D eigenvalue weighted by Gasteiger charge is -2.13. The number of hydrogen-bond acceptors (Lipinski definition) is 4. The van der Waals surface area contributed by atoms with Gasteiger partial charge in [-0.3, -0.25) is 14.5 Å². The Kier molecular flexibility index (Phi) is 6.89. The molecule has 1 aliphatic rings. The van der Waals surface area contributed by atoms with Gasteiger partial charge in [-0.25, -0.2) is 0 Å². The van der Waals surface area contributed by atoms with E-state index in [0.29, 0.717) is 11.5 Å². The average Bonchev–Trinajstić information content (AvgIpc) is 3.01. The molecule has 0 spiro atoms. The van der Waals surface area contributed by atoms with Crippen molar-refractivity contribution in [3.8, 4) is 18.1 Å². The first kappa shape index (κ1) is 22.2. The average molecular weight is 651 g/mol. The lowest BCUT2D eigenvalue weighted by molar-refractivity contribution is -0.122. The summed E-state index contributed by atoms with van der Waals surface area (Å²) >= 11 is 5.37. The molecule has 4 nitrogen and oxygen atoms in total. The molecule has 1 aliphatic heterocycles. The first-order valence-corrected chi connectivity index (χ1v) is 12.2. The van der Waals surface area contributed by atoms with E-state index in [9.17, 15) is 9.59 Å². The number of ether oxygens (including phenoxy) is 1. The number of halogens is 2. The van der Waals surface area contributed by atoms with Gasteiger partial charge in [-0.2, -0.15) is 0 Å². The molecule has 31 heavy (non-hydrogen) atoms. The first-order chi connectivity index (χ1) is 15.0. The van der Waals surface area contributed by atoms with Crippen molar-refractivity contribution in [3.05, 3.63) is 77.8 Å². The Morgan fingerprint density at radius 2 is 1.77 bits per heavy atom. The van der Waals surface area contributed by atoms with Gasteiger partial charge in [0.2, 0.25) is 0 Å². The number of fused-ring (bicyclic) bond motifs is 1. The van der Waals surface area contributed by atoms with Crippen LogP contribution in [0.1, 0.15) is 11.1 Å². The number of imide groups is 1. The van der Waals surface area contributed by atoms with E-state index in [2.05, 4.69) is 75.4 Å². The molecule has 0 radical (unpaired) electrons. The van der Waals surface area contributed by atoms with Gasteiger partial charge in [-0.15, -0.1) is 6.42 Å². The number of carbonyl (C=O) groups excluding carboxylic acids is 2. The highest BCUT2D eigenvalue weighted by atomic mass is 127. The Bertz CT molecular complexity index is 1250. The van der Waals surface area contributed by atoms with E-state index >= 15 is 0 Å². The van der Waals surface area contributed by atoms with Crippen LogP contribution in [0.5, 0.6) is 5.75 Å². The molecule has 0 saturated carbocycles.